The summed E-state index contributed by atoms with van der Waals surface area (Å²) in [6.07, 6.45) is -39.1. The number of hydrogen-bond acceptors (Lipinski definition) is 14. The number of aliphatic imine (C=N–C) groups is 1. The van der Waals surface area contributed by atoms with Crippen LogP contribution in [0.2, 0.25) is 0 Å². The highest BCUT2D eigenvalue weighted by Crippen LogP contribution is 2.44. The molecule has 22 nitrogen and oxygen atoms in total. The summed E-state index contributed by atoms with van der Waals surface area (Å²) in [6.45, 7) is 21.2. The summed E-state index contributed by atoms with van der Waals surface area (Å²) in [5.41, 5.74) is -4.21. The number of para-hydroxylation sites is 6. The number of hydrogen-bond donors (Lipinski definition) is 6. The molecule has 0 saturated carbocycles. The number of amides is 6. The maximum Gasteiger partial charge on any atom is 0.416 e. The van der Waals surface area contributed by atoms with E-state index in [9.17, 15) is 164 Å². The molecule has 4 fully saturated rings. The number of rotatable bonds is 12. The van der Waals surface area contributed by atoms with Gasteiger partial charge in [-0.2, -0.15) is 155 Å². The number of benzene rings is 8. The minimum atomic E-state index is -5.08. The van der Waals surface area contributed by atoms with E-state index in [0.717, 1.165) is 54.9 Å². The van der Waals surface area contributed by atoms with Crippen molar-refractivity contribution in [3.8, 4) is 0 Å². The fraction of sp³-hybridized carbons (Fsp3) is 0.312. The van der Waals surface area contributed by atoms with Crippen molar-refractivity contribution in [2.45, 2.75) is 84.8 Å². The van der Waals surface area contributed by atoms with Gasteiger partial charge in [-0.05, 0) is 108 Å². The second-order valence-corrected chi connectivity index (χ2v) is 30.6. The van der Waals surface area contributed by atoms with Crippen LogP contribution in [-0.2, 0) is 67.3 Å². The number of carbonyl (C=O) groups is 3. The number of nitrogens with two attached hydrogens (primary N) is 1. The molecule has 0 spiro atoms. The second kappa shape index (κ2) is 51.3. The fourth-order valence-corrected chi connectivity index (χ4v) is 14.0. The molecular formula is C93H83F33N18O4. The molecule has 10 aromatic rings. The summed E-state index contributed by atoms with van der Waals surface area (Å²) in [7, 11) is 0. The number of aromatic nitrogens is 2. The second-order valence-electron chi connectivity index (χ2n) is 30.6. The largest absolute Gasteiger partial charge is 0.416 e. The molecule has 4 aliphatic rings. The van der Waals surface area contributed by atoms with Gasteiger partial charge in [0.05, 0.1) is 63.3 Å². The van der Waals surface area contributed by atoms with Gasteiger partial charge in [0.2, 0.25) is 46.5 Å². The van der Waals surface area contributed by atoms with Gasteiger partial charge in [-0.1, -0.05) is 95.1 Å². The van der Waals surface area contributed by atoms with Gasteiger partial charge in [0, 0.05) is 158 Å². The van der Waals surface area contributed by atoms with Gasteiger partial charge < -0.3 is 66.6 Å². The summed E-state index contributed by atoms with van der Waals surface area (Å²) >= 11 is 0. The van der Waals surface area contributed by atoms with Gasteiger partial charge in [-0.15, -0.1) is 0 Å². The first-order chi connectivity index (χ1) is 67.7. The van der Waals surface area contributed by atoms with Crippen LogP contribution in [0.1, 0.15) is 77.9 Å². The van der Waals surface area contributed by atoms with Crippen molar-refractivity contribution in [2.75, 3.05) is 146 Å². The first kappa shape index (κ1) is 122. The number of carbonyl (C=O) groups excluding carboxylic acids is 4. The number of anilines is 8. The highest BCUT2D eigenvalue weighted by molar-refractivity contribution is 5.92. The number of alkyl halides is 24. The molecule has 0 atom stereocenters. The predicted octanol–water partition coefficient (Wildman–Crippen LogP) is 25.8. The van der Waals surface area contributed by atoms with Gasteiger partial charge in [-0.25, -0.2) is 33.3 Å². The third kappa shape index (κ3) is 33.4. The molecule has 8 aromatic carbocycles. The monoisotopic (exact) mass is 2140 g/mol. The Morgan fingerprint density at radius 3 is 0.878 bits per heavy atom. The van der Waals surface area contributed by atoms with Crippen LogP contribution in [0.5, 0.6) is 0 Å². The molecule has 0 radical (unpaired) electrons. The molecule has 4 aliphatic heterocycles. The average molecular weight is 2140 g/mol. The van der Waals surface area contributed by atoms with Crippen LogP contribution in [-0.4, -0.2) is 154 Å². The van der Waals surface area contributed by atoms with Crippen molar-refractivity contribution in [2.24, 2.45) is 10.7 Å². The van der Waals surface area contributed by atoms with E-state index in [2.05, 4.69) is 56.1 Å². The van der Waals surface area contributed by atoms with Crippen LogP contribution in [0, 0.1) is 66.0 Å². The first-order valence-electron chi connectivity index (χ1n) is 41.4. The zero-order chi connectivity index (χ0) is 107. The van der Waals surface area contributed by atoms with E-state index in [4.69, 9.17) is 18.9 Å². The lowest BCUT2D eigenvalue weighted by atomic mass is 10.1. The van der Waals surface area contributed by atoms with Crippen LogP contribution < -0.4 is 51.9 Å². The average Bonchev–Trinajstić information content (AvgIpc) is 0.803. The minimum absolute atomic E-state index is 0. The molecule has 55 heteroatoms. The summed E-state index contributed by atoms with van der Waals surface area (Å²) < 4.78 is 423. The Hall–Kier alpha value is -15.2. The molecule has 14 rings (SSSR count). The van der Waals surface area contributed by atoms with Gasteiger partial charge in [-0.3, -0.25) is 0 Å². The Kier molecular flexibility index (Phi) is 42.1. The Balaban J connectivity index is 0.000000284. The van der Waals surface area contributed by atoms with Gasteiger partial charge in [0.15, 0.2) is 0 Å². The molecule has 800 valence electrons. The fourth-order valence-electron chi connectivity index (χ4n) is 14.0. The molecule has 7 N–H and O–H groups in total. The number of piperazine rings is 4. The summed E-state index contributed by atoms with van der Waals surface area (Å²) in [4.78, 5) is 73.5. The van der Waals surface area contributed by atoms with E-state index >= 15 is 0 Å². The third-order valence-corrected chi connectivity index (χ3v) is 21.0. The van der Waals surface area contributed by atoms with Crippen molar-refractivity contribution < 1.29 is 164 Å². The Morgan fingerprint density at radius 1 is 0.345 bits per heavy atom. The number of isocyanates is 1. The number of pyridine rings is 2. The Morgan fingerprint density at radius 2 is 0.595 bits per heavy atom. The number of nitrogens with one attached hydrogen (secondary N) is 5. The molecular weight excluding hydrogens is 2060 g/mol. The topological polar surface area (TPSA) is 224 Å². The quantitative estimate of drug-likeness (QED) is 0.0220. The van der Waals surface area contributed by atoms with Crippen LogP contribution >= 0.6 is 0 Å². The lowest BCUT2D eigenvalue weighted by molar-refractivity contribution is -0.144. The predicted molar refractivity (Wildman–Crippen MR) is 479 cm³/mol. The van der Waals surface area contributed by atoms with E-state index in [1.165, 1.54) is 14.7 Å². The number of nitrogens with zero attached hydrogens (tertiary/aromatic N) is 12. The lowest BCUT2D eigenvalue weighted by Gasteiger charge is -2.37. The zero-order valence-electron chi connectivity index (χ0n) is 73.4. The van der Waals surface area contributed by atoms with Crippen LogP contribution in [0.4, 0.5) is 222 Å². The normalized spacial score (nSPS) is 14.0. The van der Waals surface area contributed by atoms with Gasteiger partial charge >= 0.3 is 67.5 Å². The van der Waals surface area contributed by atoms with Crippen molar-refractivity contribution in [3.63, 3.8) is 0 Å². The van der Waals surface area contributed by atoms with Crippen LogP contribution in [0.3, 0.4) is 0 Å². The third-order valence-electron chi connectivity index (χ3n) is 21.0. The molecule has 0 aliphatic carbocycles. The smallest absolute Gasteiger partial charge is 0.378 e. The minimum Gasteiger partial charge on any atom is -0.378 e. The SMILES string of the molecule is C.C.C.Fc1nc(F)c(F)c(F)c1F.NCc1ccccc1N1CCN(C(=O)Nc2cc(C(F)(F)F)cc(C(F)(F)F)c2)CC1.O=C(Nc1cc(C(F)(F)F)cc(C(F)(F)F)c1)N1CCN(c2ccccc2CNc2c(F)c(F)nc(F)c2F)CC1.O=C=Nc1cc(C(F)(F)F)cc(C(F)(F)F)c1.[C-]#[N+]c1ccccc1N1CCN(C(=O)Nc2cc(C(F)(F)F)cc(C(F)(F)F)c2)CC1.[C-]#[N+]c1ccccc1N1CCNCC1. The molecule has 148 heavy (non-hydrogen) atoms. The summed E-state index contributed by atoms with van der Waals surface area (Å²) in [5, 5.41) is 12.0. The van der Waals surface area contributed by atoms with Gasteiger partial charge in [0.25, 0.3) is 23.8 Å². The number of urea groups is 3. The van der Waals surface area contributed by atoms with E-state index in [-0.39, 0.29) is 105 Å². The van der Waals surface area contributed by atoms with E-state index < -0.39 is 193 Å². The summed E-state index contributed by atoms with van der Waals surface area (Å²) in [5.74, 6) is -17.5. The van der Waals surface area contributed by atoms with Crippen molar-refractivity contribution in [3.05, 3.63) is 301 Å². The summed E-state index contributed by atoms with van der Waals surface area (Å²) in [6, 6.07) is 29.6. The van der Waals surface area contributed by atoms with Crippen molar-refractivity contribution >= 4 is 86.7 Å². The maximum atomic E-state index is 14.0. The molecule has 2 aromatic heterocycles. The molecule has 0 unspecified atom stereocenters. The lowest BCUT2D eigenvalue weighted by Crippen LogP contribution is -2.50. The van der Waals surface area contributed by atoms with E-state index in [0.29, 0.717) is 104 Å². The van der Waals surface area contributed by atoms with Crippen molar-refractivity contribution in [1.29, 1.82) is 0 Å². The molecule has 4 saturated heterocycles. The van der Waals surface area contributed by atoms with E-state index in [1.807, 2.05) is 58.3 Å². The first-order valence-corrected chi connectivity index (χ1v) is 41.4. The highest BCUT2D eigenvalue weighted by Gasteiger charge is 2.43. The molecule has 6 heterocycles. The van der Waals surface area contributed by atoms with Crippen LogP contribution in [0.15, 0.2) is 175 Å². The molecule has 6 amide bonds. The highest BCUT2D eigenvalue weighted by atomic mass is 19.4. The van der Waals surface area contributed by atoms with Gasteiger partial charge in [0.1, 0.15) is 5.69 Å². The van der Waals surface area contributed by atoms with Crippen LogP contribution in [0.25, 0.3) is 9.69 Å². The zero-order valence-corrected chi connectivity index (χ0v) is 73.4. The Labute approximate surface area is 820 Å². The number of halogens is 33. The molecule has 0 bridgehead atoms. The van der Waals surface area contributed by atoms with Crippen molar-refractivity contribution in [1.82, 2.24) is 30.0 Å². The Bertz CT molecular complexity index is 6170. The maximum absolute atomic E-state index is 14.0. The van der Waals surface area contributed by atoms with E-state index in [1.54, 1.807) is 53.4 Å². The standard InChI is InChI=1S/C25H19F10N5O.C20H16F6N4O.C20H20F6N4O.C11H13N3.C9H3F6NO.C5F5N.3CH4/c26-18-20(19(27)22(29)38-21(18)28)36-12-13-3-1-2-4-17(13)39-5-7-40(8-6-39)23(41)37-16-10-14(24(30,31)32)9-15(11-16)25(33,34)35;1-27-16-4-2-3-5-17(16)29-6-8-30(9-7-29)18(31)28-15-11-13(19(21,22)23)10-14(12-15)20(24,25)26;21-19(22,23)14-9-15(20(24,25)26)11-16(10-14)28-18(31)30-7-5-29(6-8-30)17-4-2-1-3-13(17)12-27;1-12-10-4-2-3-5-11(10)14-8-6-13-7-9-14;10-8(11,12)5-1-6(9(13,14)15)3-7(2-5)16-4-17;6-1-2(7)4(9)11-5(10)3(1)8;;;/h1-4,9-11H,5-8,12H2,(H,36,38)(H,37,41);2-5,10-12H,6-9H2,(H,28,31);1-4,9-11H,5-8,12,27H2,(H,28,31);2-5,13H,6-9H2;1-3H;;3*1H4.